The number of methoxy groups -OCH3 is 2. The number of ether oxygens (including phenoxy) is 2. The SMILES string of the molecule is CNC(COC)Cc1ccc(OC)cc1[N+](=O)[O-]. The molecule has 6 heteroatoms. The first-order valence-corrected chi connectivity index (χ1v) is 5.59. The zero-order valence-corrected chi connectivity index (χ0v) is 10.8. The summed E-state index contributed by atoms with van der Waals surface area (Å²) in [6.07, 6.45) is 0.532. The third-order valence-corrected chi connectivity index (χ3v) is 2.73. The molecule has 1 rings (SSSR count). The van der Waals surface area contributed by atoms with Crippen LogP contribution in [0.4, 0.5) is 5.69 Å². The predicted octanol–water partition coefficient (Wildman–Crippen LogP) is 1.38. The minimum atomic E-state index is -0.391. The van der Waals surface area contributed by atoms with Crippen LogP contribution in [-0.2, 0) is 11.2 Å². The van der Waals surface area contributed by atoms with Gasteiger partial charge >= 0.3 is 0 Å². The Bertz CT molecular complexity index is 409. The molecule has 18 heavy (non-hydrogen) atoms. The van der Waals surface area contributed by atoms with Gasteiger partial charge in [0.05, 0.1) is 24.7 Å². The number of hydrogen-bond acceptors (Lipinski definition) is 5. The van der Waals surface area contributed by atoms with E-state index < -0.39 is 4.92 Å². The summed E-state index contributed by atoms with van der Waals surface area (Å²) in [5.41, 5.74) is 0.739. The van der Waals surface area contributed by atoms with Crippen molar-refractivity contribution in [3.63, 3.8) is 0 Å². The molecule has 1 N–H and O–H groups in total. The maximum absolute atomic E-state index is 11.0. The van der Waals surface area contributed by atoms with Gasteiger partial charge in [-0.15, -0.1) is 0 Å². The van der Waals surface area contributed by atoms with Crippen LogP contribution in [0.15, 0.2) is 18.2 Å². The molecule has 1 atom stereocenters. The van der Waals surface area contributed by atoms with Gasteiger partial charge in [-0.1, -0.05) is 0 Å². The molecule has 1 aromatic rings. The van der Waals surface area contributed by atoms with Crippen LogP contribution in [0.1, 0.15) is 5.56 Å². The summed E-state index contributed by atoms with van der Waals surface area (Å²) in [5.74, 6) is 0.484. The molecule has 1 aromatic carbocycles. The van der Waals surface area contributed by atoms with Crippen LogP contribution in [0.5, 0.6) is 5.75 Å². The molecule has 0 aliphatic heterocycles. The van der Waals surface area contributed by atoms with E-state index in [1.807, 2.05) is 0 Å². The maximum Gasteiger partial charge on any atom is 0.276 e. The number of benzene rings is 1. The summed E-state index contributed by atoms with van der Waals surface area (Å²) in [5, 5.41) is 14.1. The average Bonchev–Trinajstić information content (AvgIpc) is 2.38. The smallest absolute Gasteiger partial charge is 0.276 e. The summed E-state index contributed by atoms with van der Waals surface area (Å²) in [6.45, 7) is 0.500. The summed E-state index contributed by atoms with van der Waals surface area (Å²) in [7, 11) is 4.89. The quantitative estimate of drug-likeness (QED) is 0.587. The van der Waals surface area contributed by atoms with Crippen LogP contribution in [-0.4, -0.2) is 38.8 Å². The van der Waals surface area contributed by atoms with Crippen molar-refractivity contribution in [2.75, 3.05) is 27.9 Å². The van der Waals surface area contributed by atoms with E-state index in [4.69, 9.17) is 9.47 Å². The lowest BCUT2D eigenvalue weighted by Gasteiger charge is -2.15. The maximum atomic E-state index is 11.0. The van der Waals surface area contributed by atoms with Gasteiger partial charge < -0.3 is 14.8 Å². The minimum Gasteiger partial charge on any atom is -0.497 e. The molecule has 1 unspecified atom stereocenters. The molecule has 0 aliphatic carbocycles. The van der Waals surface area contributed by atoms with E-state index in [2.05, 4.69) is 5.32 Å². The van der Waals surface area contributed by atoms with Crippen molar-refractivity contribution in [3.05, 3.63) is 33.9 Å². The van der Waals surface area contributed by atoms with Crippen LogP contribution in [0, 0.1) is 10.1 Å². The Balaban J connectivity index is 2.96. The van der Waals surface area contributed by atoms with Crippen molar-refractivity contribution in [2.45, 2.75) is 12.5 Å². The van der Waals surface area contributed by atoms with Crippen molar-refractivity contribution in [3.8, 4) is 5.75 Å². The molecule has 0 aliphatic rings. The Kier molecular flexibility index (Phi) is 5.54. The van der Waals surface area contributed by atoms with Crippen molar-refractivity contribution in [2.24, 2.45) is 0 Å². The van der Waals surface area contributed by atoms with Crippen molar-refractivity contribution in [1.29, 1.82) is 0 Å². The molecule has 0 amide bonds. The largest absolute Gasteiger partial charge is 0.497 e. The van der Waals surface area contributed by atoms with E-state index >= 15 is 0 Å². The van der Waals surface area contributed by atoms with Crippen LogP contribution in [0.25, 0.3) is 0 Å². The number of rotatable bonds is 7. The van der Waals surface area contributed by atoms with Gasteiger partial charge in [-0.25, -0.2) is 0 Å². The fourth-order valence-electron chi connectivity index (χ4n) is 1.72. The van der Waals surface area contributed by atoms with Crippen LogP contribution < -0.4 is 10.1 Å². The number of nitro benzene ring substituents is 1. The van der Waals surface area contributed by atoms with Gasteiger partial charge in [-0.3, -0.25) is 10.1 Å². The molecule has 0 saturated carbocycles. The zero-order valence-electron chi connectivity index (χ0n) is 10.8. The van der Waals surface area contributed by atoms with Gasteiger partial charge in [0.25, 0.3) is 5.69 Å². The Morgan fingerprint density at radius 1 is 1.44 bits per heavy atom. The standard InChI is InChI=1S/C12H18N2O4/c1-13-10(8-17-2)6-9-4-5-11(18-3)7-12(9)14(15)16/h4-5,7,10,13H,6,8H2,1-3H3. The first kappa shape index (κ1) is 14.4. The van der Waals surface area contributed by atoms with E-state index in [0.29, 0.717) is 24.3 Å². The highest BCUT2D eigenvalue weighted by atomic mass is 16.6. The second-order valence-corrected chi connectivity index (χ2v) is 3.90. The number of likely N-dealkylation sites (N-methyl/N-ethyl adjacent to an activating group) is 1. The van der Waals surface area contributed by atoms with Gasteiger partial charge in [-0.2, -0.15) is 0 Å². The lowest BCUT2D eigenvalue weighted by atomic mass is 10.0. The van der Waals surface area contributed by atoms with Gasteiger partial charge in [0.15, 0.2) is 0 Å². The Morgan fingerprint density at radius 2 is 2.17 bits per heavy atom. The van der Waals surface area contributed by atoms with E-state index in [9.17, 15) is 10.1 Å². The molecule has 0 saturated heterocycles. The number of nitrogens with zero attached hydrogens (tertiary/aromatic N) is 1. The topological polar surface area (TPSA) is 73.6 Å². The third kappa shape index (κ3) is 3.68. The second kappa shape index (κ2) is 6.93. The highest BCUT2D eigenvalue weighted by Gasteiger charge is 2.18. The highest BCUT2D eigenvalue weighted by Crippen LogP contribution is 2.25. The Labute approximate surface area is 106 Å². The van der Waals surface area contributed by atoms with Gasteiger partial charge in [0.2, 0.25) is 0 Å². The Hall–Kier alpha value is -1.66. The minimum absolute atomic E-state index is 0.0436. The van der Waals surface area contributed by atoms with E-state index in [1.165, 1.54) is 13.2 Å². The van der Waals surface area contributed by atoms with Crippen LogP contribution in [0.2, 0.25) is 0 Å². The first-order valence-electron chi connectivity index (χ1n) is 5.59. The van der Waals surface area contributed by atoms with Crippen LogP contribution >= 0.6 is 0 Å². The summed E-state index contributed by atoms with van der Waals surface area (Å²) >= 11 is 0. The second-order valence-electron chi connectivity index (χ2n) is 3.90. The van der Waals surface area contributed by atoms with Crippen molar-refractivity contribution in [1.82, 2.24) is 5.32 Å². The molecule has 0 aromatic heterocycles. The van der Waals surface area contributed by atoms with Gasteiger partial charge in [-0.05, 0) is 25.6 Å². The van der Waals surface area contributed by atoms with Gasteiger partial charge in [0.1, 0.15) is 5.75 Å². The summed E-state index contributed by atoms with van der Waals surface area (Å²) < 4.78 is 10.0. The van der Waals surface area contributed by atoms with E-state index in [1.54, 1.807) is 26.3 Å². The molecular weight excluding hydrogens is 236 g/mol. The molecule has 100 valence electrons. The zero-order chi connectivity index (χ0) is 13.5. The van der Waals surface area contributed by atoms with Gasteiger partial charge in [0, 0.05) is 18.7 Å². The molecule has 0 spiro atoms. The third-order valence-electron chi connectivity index (χ3n) is 2.73. The molecule has 0 radical (unpaired) electrons. The molecule has 0 fully saturated rings. The predicted molar refractivity (Wildman–Crippen MR) is 68.1 cm³/mol. The molecule has 0 bridgehead atoms. The summed E-state index contributed by atoms with van der Waals surface area (Å²) in [6, 6.07) is 4.93. The fourth-order valence-corrected chi connectivity index (χ4v) is 1.72. The number of nitrogens with one attached hydrogen (secondary N) is 1. The van der Waals surface area contributed by atoms with E-state index in [-0.39, 0.29) is 11.7 Å². The normalized spacial score (nSPS) is 12.2. The number of hydrogen-bond donors (Lipinski definition) is 1. The van der Waals surface area contributed by atoms with Crippen molar-refractivity contribution >= 4 is 5.69 Å². The van der Waals surface area contributed by atoms with Crippen LogP contribution in [0.3, 0.4) is 0 Å². The average molecular weight is 254 g/mol. The lowest BCUT2D eigenvalue weighted by molar-refractivity contribution is -0.385. The molecule has 6 nitrogen and oxygen atoms in total. The monoisotopic (exact) mass is 254 g/mol. The van der Waals surface area contributed by atoms with Crippen molar-refractivity contribution < 1.29 is 14.4 Å². The first-order chi connectivity index (χ1) is 8.62. The molecular formula is C12H18N2O4. The Morgan fingerprint density at radius 3 is 2.67 bits per heavy atom. The van der Waals surface area contributed by atoms with E-state index in [0.717, 1.165) is 0 Å². The lowest BCUT2D eigenvalue weighted by Crippen LogP contribution is -2.32. The highest BCUT2D eigenvalue weighted by molar-refractivity contribution is 5.46. The summed E-state index contributed by atoms with van der Waals surface area (Å²) in [4.78, 5) is 10.6. The fraction of sp³-hybridized carbons (Fsp3) is 0.500. The molecule has 0 heterocycles. The number of nitro groups is 1.